The summed E-state index contributed by atoms with van der Waals surface area (Å²) in [5.41, 5.74) is 0. The molecule has 0 rings (SSSR count). The van der Waals surface area contributed by atoms with Gasteiger partial charge in [0.25, 0.3) is 0 Å². The number of carboxylic acid groups (broad SMARTS) is 1. The first-order valence-corrected chi connectivity index (χ1v) is 11.0. The zero-order chi connectivity index (χ0) is 10.5. The fourth-order valence-electron chi connectivity index (χ4n) is 2.36. The Balaban J connectivity index is 4.76. The molecule has 13 heavy (non-hydrogen) atoms. The Hall–Kier alpha value is 0.0129. The van der Waals surface area contributed by atoms with E-state index in [0.29, 0.717) is 0 Å². The Bertz CT molecular complexity index is 156. The Morgan fingerprint density at radius 3 is 1.62 bits per heavy atom. The average Bonchev–Trinajstić information content (AvgIpc) is 2.13. The van der Waals surface area contributed by atoms with Gasteiger partial charge < -0.3 is 0 Å². The Kier molecular flexibility index (Phi) is 5.69. The van der Waals surface area contributed by atoms with Crippen molar-refractivity contribution in [3.63, 3.8) is 0 Å². The number of hydrogen-bond donors (Lipinski definition) is 1. The van der Waals surface area contributed by atoms with Gasteiger partial charge in [0.05, 0.1) is 0 Å². The standard InChI is InChI=1S/C10H22GeO2/c1-5-9(10(12)13)11(6-2,7-3)8-4/h9H,5-8H2,1-4H3,(H,12,13). The second-order valence-corrected chi connectivity index (χ2v) is 15.4. The van der Waals surface area contributed by atoms with Crippen LogP contribution in [0.5, 0.6) is 0 Å². The number of carbonyl (C=O) groups is 1. The number of hydrogen-bond acceptors (Lipinski definition) is 1. The molecule has 0 saturated heterocycles. The molecule has 1 unspecified atom stereocenters. The summed E-state index contributed by atoms with van der Waals surface area (Å²) in [5, 5.41) is 12.6. The number of aliphatic carboxylic acids is 1. The maximum atomic E-state index is 11.1. The van der Waals surface area contributed by atoms with Crippen molar-refractivity contribution in [2.24, 2.45) is 0 Å². The molecule has 0 saturated carbocycles. The van der Waals surface area contributed by atoms with E-state index in [1.165, 1.54) is 0 Å². The minimum atomic E-state index is -2.04. The first-order chi connectivity index (χ1) is 6.07. The molecule has 0 aromatic rings. The van der Waals surface area contributed by atoms with Gasteiger partial charge in [0.2, 0.25) is 0 Å². The van der Waals surface area contributed by atoms with Crippen LogP contribution in [0, 0.1) is 0 Å². The summed E-state index contributed by atoms with van der Waals surface area (Å²) in [7, 11) is 0. The van der Waals surface area contributed by atoms with E-state index < -0.39 is 19.2 Å². The maximum absolute atomic E-state index is 11.1. The third kappa shape index (κ3) is 2.73. The zero-order valence-electron chi connectivity index (χ0n) is 9.26. The van der Waals surface area contributed by atoms with Crippen molar-refractivity contribution in [1.29, 1.82) is 0 Å². The molecule has 0 spiro atoms. The van der Waals surface area contributed by atoms with Gasteiger partial charge in [-0.05, 0) is 0 Å². The van der Waals surface area contributed by atoms with E-state index in [1.807, 2.05) is 6.92 Å². The van der Waals surface area contributed by atoms with Crippen LogP contribution in [-0.4, -0.2) is 24.3 Å². The molecule has 0 heterocycles. The first-order valence-electron chi connectivity index (χ1n) is 5.30. The summed E-state index contributed by atoms with van der Waals surface area (Å²) < 4.78 is 0.0139. The van der Waals surface area contributed by atoms with Gasteiger partial charge in [0.1, 0.15) is 0 Å². The Morgan fingerprint density at radius 1 is 1.15 bits per heavy atom. The molecule has 0 amide bonds. The van der Waals surface area contributed by atoms with Crippen LogP contribution in [0.15, 0.2) is 0 Å². The van der Waals surface area contributed by atoms with E-state index in [0.717, 1.165) is 22.2 Å². The van der Waals surface area contributed by atoms with E-state index in [1.54, 1.807) is 0 Å². The van der Waals surface area contributed by atoms with Crippen molar-refractivity contribution in [1.82, 2.24) is 0 Å². The molecule has 0 aromatic carbocycles. The molecule has 0 fully saturated rings. The Morgan fingerprint density at radius 2 is 1.54 bits per heavy atom. The van der Waals surface area contributed by atoms with Gasteiger partial charge >= 0.3 is 83.8 Å². The third-order valence-electron chi connectivity index (χ3n) is 3.56. The van der Waals surface area contributed by atoms with Gasteiger partial charge in [-0.1, -0.05) is 0 Å². The van der Waals surface area contributed by atoms with Crippen LogP contribution < -0.4 is 0 Å². The summed E-state index contributed by atoms with van der Waals surface area (Å²) in [6, 6.07) is 0. The van der Waals surface area contributed by atoms with Crippen LogP contribution >= 0.6 is 0 Å². The van der Waals surface area contributed by atoms with E-state index >= 15 is 0 Å². The second-order valence-electron chi connectivity index (χ2n) is 3.72. The van der Waals surface area contributed by atoms with Gasteiger partial charge in [-0.15, -0.1) is 0 Å². The SMILES string of the molecule is CC[CH](C(=O)O)[Ge]([CH2]C)([CH2]C)[CH2]C. The van der Waals surface area contributed by atoms with Gasteiger partial charge in [0, 0.05) is 0 Å². The Labute approximate surface area is 84.1 Å². The molecule has 0 aliphatic rings. The van der Waals surface area contributed by atoms with Crippen LogP contribution in [0.3, 0.4) is 0 Å². The molecule has 78 valence electrons. The summed E-state index contributed by atoms with van der Waals surface area (Å²) in [6.45, 7) is 8.55. The topological polar surface area (TPSA) is 37.3 Å². The van der Waals surface area contributed by atoms with E-state index in [-0.39, 0.29) is 4.75 Å². The molecule has 0 aliphatic heterocycles. The van der Waals surface area contributed by atoms with Gasteiger partial charge in [-0.3, -0.25) is 0 Å². The first kappa shape index (κ1) is 13.0. The quantitative estimate of drug-likeness (QED) is 0.730. The monoisotopic (exact) mass is 248 g/mol. The second kappa shape index (κ2) is 5.68. The molecular formula is C10H22GeO2. The molecule has 1 N–H and O–H groups in total. The van der Waals surface area contributed by atoms with E-state index in [9.17, 15) is 4.79 Å². The summed E-state index contributed by atoms with van der Waals surface area (Å²) in [6.07, 6.45) is 0.824. The molecular weight excluding hydrogens is 225 g/mol. The third-order valence-corrected chi connectivity index (χ3v) is 16.9. The fourth-order valence-corrected chi connectivity index (χ4v) is 11.5. The zero-order valence-corrected chi connectivity index (χ0v) is 11.4. The van der Waals surface area contributed by atoms with Crippen LogP contribution in [0.25, 0.3) is 0 Å². The van der Waals surface area contributed by atoms with Crippen LogP contribution in [0.1, 0.15) is 34.1 Å². The average molecular weight is 247 g/mol. The molecule has 0 aliphatic carbocycles. The van der Waals surface area contributed by atoms with Crippen LogP contribution in [0.2, 0.25) is 20.5 Å². The minimum absolute atomic E-state index is 0.0139. The van der Waals surface area contributed by atoms with Crippen LogP contribution in [0.4, 0.5) is 0 Å². The summed E-state index contributed by atoms with van der Waals surface area (Å²) in [4.78, 5) is 11.1. The van der Waals surface area contributed by atoms with Crippen molar-refractivity contribution in [3.8, 4) is 0 Å². The summed E-state index contributed by atoms with van der Waals surface area (Å²) >= 11 is -2.04. The molecule has 2 nitrogen and oxygen atoms in total. The van der Waals surface area contributed by atoms with Gasteiger partial charge in [0.15, 0.2) is 0 Å². The number of carboxylic acids is 1. The van der Waals surface area contributed by atoms with Crippen molar-refractivity contribution in [3.05, 3.63) is 0 Å². The molecule has 1 atom stereocenters. The van der Waals surface area contributed by atoms with Crippen molar-refractivity contribution >= 4 is 19.2 Å². The fraction of sp³-hybridized carbons (Fsp3) is 0.900. The molecule has 3 heteroatoms. The predicted molar refractivity (Wildman–Crippen MR) is 58.9 cm³/mol. The van der Waals surface area contributed by atoms with E-state index in [4.69, 9.17) is 5.11 Å². The van der Waals surface area contributed by atoms with Crippen LogP contribution in [-0.2, 0) is 4.79 Å². The molecule has 0 aromatic heterocycles. The normalized spacial score (nSPS) is 14.2. The predicted octanol–water partition coefficient (Wildman–Crippen LogP) is 3.36. The van der Waals surface area contributed by atoms with E-state index in [2.05, 4.69) is 20.8 Å². The van der Waals surface area contributed by atoms with Gasteiger partial charge in [-0.25, -0.2) is 0 Å². The summed E-state index contributed by atoms with van der Waals surface area (Å²) in [5.74, 6) is -0.548. The van der Waals surface area contributed by atoms with Gasteiger partial charge in [-0.2, -0.15) is 0 Å². The molecule has 0 bridgehead atoms. The van der Waals surface area contributed by atoms with Crippen molar-refractivity contribution in [2.75, 3.05) is 0 Å². The van der Waals surface area contributed by atoms with Crippen molar-refractivity contribution in [2.45, 2.75) is 54.6 Å². The number of rotatable bonds is 6. The van der Waals surface area contributed by atoms with Crippen molar-refractivity contribution < 1.29 is 9.90 Å². The molecule has 0 radical (unpaired) electrons.